The fourth-order valence-electron chi connectivity index (χ4n) is 9.39. The normalized spacial score (nSPS) is 12.7. The van der Waals surface area contributed by atoms with Crippen molar-refractivity contribution in [1.82, 2.24) is 5.32 Å². The fourth-order valence-corrected chi connectivity index (χ4v) is 9.39. The molecule has 0 saturated heterocycles. The van der Waals surface area contributed by atoms with Gasteiger partial charge in [-0.05, 0) is 51.4 Å². The maximum Gasteiger partial charge on any atom is 0.305 e. The van der Waals surface area contributed by atoms with E-state index in [-0.39, 0.29) is 18.5 Å². The molecule has 0 heterocycles. The van der Waals surface area contributed by atoms with Crippen molar-refractivity contribution >= 4 is 11.9 Å². The van der Waals surface area contributed by atoms with Crippen LogP contribution < -0.4 is 5.32 Å². The number of ether oxygens (including phenoxy) is 1. The van der Waals surface area contributed by atoms with Crippen molar-refractivity contribution in [3.63, 3.8) is 0 Å². The van der Waals surface area contributed by atoms with E-state index in [0.29, 0.717) is 25.9 Å². The van der Waals surface area contributed by atoms with Crippen LogP contribution in [0, 0.1) is 0 Å². The van der Waals surface area contributed by atoms with Gasteiger partial charge in [-0.25, -0.2) is 0 Å². The lowest BCUT2D eigenvalue weighted by Crippen LogP contribution is -2.45. The molecule has 396 valence electrons. The predicted octanol–water partition coefficient (Wildman–Crippen LogP) is 18.6. The Morgan fingerprint density at radius 3 is 1.19 bits per heavy atom. The number of hydrogen-bond acceptors (Lipinski definition) is 5. The van der Waals surface area contributed by atoms with Crippen LogP contribution in [0.2, 0.25) is 0 Å². The molecule has 0 aromatic heterocycles. The van der Waals surface area contributed by atoms with E-state index < -0.39 is 12.1 Å². The van der Waals surface area contributed by atoms with Crippen molar-refractivity contribution in [2.45, 2.75) is 341 Å². The van der Waals surface area contributed by atoms with Crippen molar-refractivity contribution in [3.05, 3.63) is 24.3 Å². The summed E-state index contributed by atoms with van der Waals surface area (Å²) in [4.78, 5) is 24.5. The Morgan fingerprint density at radius 2 is 0.776 bits per heavy atom. The molecule has 3 N–H and O–H groups in total. The summed E-state index contributed by atoms with van der Waals surface area (Å²) in [6, 6.07) is -0.555. The molecular weight excluding hydrogens is 827 g/mol. The first kappa shape index (κ1) is 65.3. The summed E-state index contributed by atoms with van der Waals surface area (Å²) >= 11 is 0. The Balaban J connectivity index is 3.45. The number of esters is 1. The Bertz CT molecular complexity index is 1040. The summed E-state index contributed by atoms with van der Waals surface area (Å²) in [7, 11) is 0. The minimum Gasteiger partial charge on any atom is -0.466 e. The van der Waals surface area contributed by atoms with Gasteiger partial charge in [0, 0.05) is 12.8 Å². The van der Waals surface area contributed by atoms with Crippen molar-refractivity contribution in [3.8, 4) is 0 Å². The molecule has 0 bridgehead atoms. The minimum absolute atomic E-state index is 0.0236. The largest absolute Gasteiger partial charge is 0.466 e. The second kappa shape index (κ2) is 56.9. The quantitative estimate of drug-likeness (QED) is 0.0321. The first-order valence-corrected chi connectivity index (χ1v) is 30.1. The van der Waals surface area contributed by atoms with E-state index in [1.165, 1.54) is 225 Å². The number of unbranched alkanes of at least 4 members (excludes halogenated alkanes) is 41. The average Bonchev–Trinajstić information content (AvgIpc) is 3.33. The van der Waals surface area contributed by atoms with Crippen LogP contribution in [0.15, 0.2) is 24.3 Å². The van der Waals surface area contributed by atoms with Gasteiger partial charge in [-0.1, -0.05) is 289 Å². The SMILES string of the molecule is CCC/C=C\C/C=C\CCCCCCCC(=O)OCCCCCCCCCCCCCCC(=O)NC(CO)C(O)CCCCCCCCCCCCCCCCCCCCCCCCCCC. The highest BCUT2D eigenvalue weighted by atomic mass is 16.5. The van der Waals surface area contributed by atoms with Crippen LogP contribution in [0.3, 0.4) is 0 Å². The molecule has 0 saturated carbocycles. The van der Waals surface area contributed by atoms with Gasteiger partial charge in [0.2, 0.25) is 5.91 Å². The van der Waals surface area contributed by atoms with E-state index in [0.717, 1.165) is 70.6 Å². The van der Waals surface area contributed by atoms with Crippen LogP contribution in [-0.4, -0.2) is 47.4 Å². The average molecular weight is 945 g/mol. The number of nitrogens with one attached hydrogen (secondary N) is 1. The molecule has 0 spiro atoms. The zero-order valence-electron chi connectivity index (χ0n) is 45.1. The standard InChI is InChI=1S/C61H117NO5/c1-3-5-7-9-11-13-15-17-18-19-20-21-22-23-24-25-26-27-28-30-33-37-41-45-49-53-59(64)58(57-63)62-60(65)54-50-46-42-38-34-31-32-36-40-44-48-52-56-67-61(66)55-51-47-43-39-35-29-16-14-12-10-8-6-4-2/h8,10,14,16,58-59,63-64H,3-7,9,11-13,15,17-57H2,1-2H3,(H,62,65)/b10-8-,16-14-. The first-order valence-electron chi connectivity index (χ1n) is 30.1. The van der Waals surface area contributed by atoms with Gasteiger partial charge in [0.15, 0.2) is 0 Å². The Kier molecular flexibility index (Phi) is 55.5. The number of allylic oxidation sites excluding steroid dienone is 4. The van der Waals surface area contributed by atoms with Crippen LogP contribution in [-0.2, 0) is 14.3 Å². The topological polar surface area (TPSA) is 95.9 Å². The van der Waals surface area contributed by atoms with Crippen molar-refractivity contribution in [2.24, 2.45) is 0 Å². The highest BCUT2D eigenvalue weighted by Gasteiger charge is 2.20. The van der Waals surface area contributed by atoms with E-state index in [4.69, 9.17) is 4.74 Å². The van der Waals surface area contributed by atoms with Crippen LogP contribution in [0.25, 0.3) is 0 Å². The molecule has 6 heteroatoms. The molecule has 0 fully saturated rings. The summed E-state index contributed by atoms with van der Waals surface area (Å²) < 4.78 is 5.45. The van der Waals surface area contributed by atoms with Crippen LogP contribution in [0.4, 0.5) is 0 Å². The molecule has 67 heavy (non-hydrogen) atoms. The molecule has 2 atom stereocenters. The molecular formula is C61H117NO5. The number of carbonyl (C=O) groups is 2. The zero-order valence-corrected chi connectivity index (χ0v) is 45.1. The van der Waals surface area contributed by atoms with Gasteiger partial charge in [-0.2, -0.15) is 0 Å². The van der Waals surface area contributed by atoms with Crippen LogP contribution >= 0.6 is 0 Å². The third kappa shape index (κ3) is 53.5. The third-order valence-corrected chi connectivity index (χ3v) is 14.0. The third-order valence-electron chi connectivity index (χ3n) is 14.0. The molecule has 0 aromatic rings. The predicted molar refractivity (Wildman–Crippen MR) is 292 cm³/mol. The van der Waals surface area contributed by atoms with E-state index in [2.05, 4.69) is 43.5 Å². The van der Waals surface area contributed by atoms with Gasteiger partial charge >= 0.3 is 5.97 Å². The molecule has 0 aliphatic carbocycles. The molecule has 6 nitrogen and oxygen atoms in total. The van der Waals surface area contributed by atoms with Crippen LogP contribution in [0.1, 0.15) is 328 Å². The second-order valence-corrected chi connectivity index (χ2v) is 20.7. The highest BCUT2D eigenvalue weighted by Crippen LogP contribution is 2.18. The lowest BCUT2D eigenvalue weighted by molar-refractivity contribution is -0.143. The van der Waals surface area contributed by atoms with Gasteiger partial charge in [-0.3, -0.25) is 9.59 Å². The Hall–Kier alpha value is -1.66. The zero-order chi connectivity index (χ0) is 48.6. The summed E-state index contributed by atoms with van der Waals surface area (Å²) in [6.07, 6.45) is 68.9. The van der Waals surface area contributed by atoms with Gasteiger partial charge in [0.05, 0.1) is 25.4 Å². The maximum absolute atomic E-state index is 12.5. The monoisotopic (exact) mass is 944 g/mol. The van der Waals surface area contributed by atoms with E-state index >= 15 is 0 Å². The molecule has 0 rings (SSSR count). The number of hydrogen-bond donors (Lipinski definition) is 3. The number of carbonyl (C=O) groups excluding carboxylic acids is 2. The molecule has 0 aromatic carbocycles. The summed E-state index contributed by atoms with van der Waals surface area (Å²) in [5.74, 6) is -0.0716. The summed E-state index contributed by atoms with van der Waals surface area (Å²) in [6.45, 7) is 4.87. The van der Waals surface area contributed by atoms with E-state index in [9.17, 15) is 19.8 Å². The molecule has 0 radical (unpaired) electrons. The number of rotatable bonds is 56. The number of aliphatic hydroxyl groups excluding tert-OH is 2. The number of aliphatic hydroxyl groups is 2. The number of amides is 1. The van der Waals surface area contributed by atoms with Crippen molar-refractivity contribution in [1.29, 1.82) is 0 Å². The summed E-state index contributed by atoms with van der Waals surface area (Å²) in [5.41, 5.74) is 0. The molecule has 0 aliphatic rings. The van der Waals surface area contributed by atoms with Gasteiger partial charge in [0.25, 0.3) is 0 Å². The molecule has 0 aliphatic heterocycles. The van der Waals surface area contributed by atoms with Crippen molar-refractivity contribution < 1.29 is 24.5 Å². The van der Waals surface area contributed by atoms with Gasteiger partial charge < -0.3 is 20.3 Å². The van der Waals surface area contributed by atoms with E-state index in [1.807, 2.05) is 0 Å². The lowest BCUT2D eigenvalue weighted by Gasteiger charge is -2.22. The first-order chi connectivity index (χ1) is 33.0. The van der Waals surface area contributed by atoms with Crippen molar-refractivity contribution in [2.75, 3.05) is 13.2 Å². The van der Waals surface area contributed by atoms with E-state index in [1.54, 1.807) is 0 Å². The van der Waals surface area contributed by atoms with Gasteiger partial charge in [0.1, 0.15) is 0 Å². The Morgan fingerprint density at radius 1 is 0.418 bits per heavy atom. The molecule has 1 amide bonds. The maximum atomic E-state index is 12.5. The van der Waals surface area contributed by atoms with Crippen LogP contribution in [0.5, 0.6) is 0 Å². The summed E-state index contributed by atoms with van der Waals surface area (Å²) in [5, 5.41) is 23.4. The Labute approximate surface area is 418 Å². The second-order valence-electron chi connectivity index (χ2n) is 20.7. The smallest absolute Gasteiger partial charge is 0.305 e. The lowest BCUT2D eigenvalue weighted by atomic mass is 10.0. The van der Waals surface area contributed by atoms with Gasteiger partial charge in [-0.15, -0.1) is 0 Å². The fraction of sp³-hybridized carbons (Fsp3) is 0.902. The molecule has 2 unspecified atom stereocenters. The minimum atomic E-state index is -0.677. The highest BCUT2D eigenvalue weighted by molar-refractivity contribution is 5.76.